The fourth-order valence-electron chi connectivity index (χ4n) is 1.39. The number of alkyl halides is 3. The topological polar surface area (TPSA) is 75.1 Å². The highest BCUT2D eigenvalue weighted by molar-refractivity contribution is 5.85. The van der Waals surface area contributed by atoms with Crippen LogP contribution in [0.25, 0.3) is 0 Å². The van der Waals surface area contributed by atoms with Crippen LogP contribution in [-0.4, -0.2) is 15.9 Å². The van der Waals surface area contributed by atoms with Gasteiger partial charge in [0, 0.05) is 12.4 Å². The molecule has 1 aromatic heterocycles. The van der Waals surface area contributed by atoms with Gasteiger partial charge in [-0.2, -0.15) is 13.2 Å². The zero-order valence-corrected chi connectivity index (χ0v) is 9.72. The first-order valence-electron chi connectivity index (χ1n) is 5.25. The zero-order valence-electron chi connectivity index (χ0n) is 9.72. The molecular weight excluding hydrogens is 277 g/mol. The second-order valence-electron chi connectivity index (χ2n) is 3.63. The quantitative estimate of drug-likeness (QED) is 0.856. The number of aromatic nitrogens is 2. The van der Waals surface area contributed by atoms with Gasteiger partial charge in [-0.25, -0.2) is 9.97 Å². The first kappa shape index (κ1) is 13.8. The van der Waals surface area contributed by atoms with Crippen molar-refractivity contribution >= 4 is 5.97 Å². The highest BCUT2D eigenvalue weighted by atomic mass is 19.4. The molecule has 0 fully saturated rings. The predicted octanol–water partition coefficient (Wildman–Crippen LogP) is 1.65. The molecule has 0 saturated carbocycles. The van der Waals surface area contributed by atoms with Gasteiger partial charge >= 0.3 is 6.18 Å². The molecule has 0 aliphatic carbocycles. The van der Waals surface area contributed by atoms with Crippen LogP contribution in [0.4, 0.5) is 13.2 Å². The Labute approximate surface area is 110 Å². The van der Waals surface area contributed by atoms with Crippen molar-refractivity contribution in [3.05, 3.63) is 47.9 Å². The maximum atomic E-state index is 12.5. The summed E-state index contributed by atoms with van der Waals surface area (Å²) in [7, 11) is 0. The fourth-order valence-corrected chi connectivity index (χ4v) is 1.39. The van der Waals surface area contributed by atoms with Gasteiger partial charge in [-0.05, 0) is 18.2 Å². The van der Waals surface area contributed by atoms with Gasteiger partial charge in [0.05, 0.1) is 11.5 Å². The predicted molar refractivity (Wildman–Crippen MR) is 57.9 cm³/mol. The van der Waals surface area contributed by atoms with Crippen molar-refractivity contribution in [2.45, 2.75) is 6.18 Å². The van der Waals surface area contributed by atoms with E-state index in [2.05, 4.69) is 9.97 Å². The molecule has 2 rings (SSSR count). The molecule has 0 aliphatic rings. The molecule has 104 valence electrons. The number of carbonyl (C=O) groups is 1. The Morgan fingerprint density at radius 2 is 1.90 bits per heavy atom. The summed E-state index contributed by atoms with van der Waals surface area (Å²) in [6, 6.07) is 3.97. The lowest BCUT2D eigenvalue weighted by molar-refractivity contribution is -0.255. The van der Waals surface area contributed by atoms with Crippen molar-refractivity contribution in [1.29, 1.82) is 0 Å². The van der Waals surface area contributed by atoms with Crippen molar-refractivity contribution in [3.63, 3.8) is 0 Å². The Hall–Kier alpha value is -2.64. The molecule has 8 heteroatoms. The van der Waals surface area contributed by atoms with E-state index in [0.717, 1.165) is 30.6 Å². The monoisotopic (exact) mass is 283 g/mol. The van der Waals surface area contributed by atoms with Crippen molar-refractivity contribution in [1.82, 2.24) is 9.97 Å². The molecule has 0 spiro atoms. The Balaban J connectivity index is 2.34. The molecule has 0 aliphatic heterocycles. The number of hydrogen-bond acceptors (Lipinski definition) is 5. The summed E-state index contributed by atoms with van der Waals surface area (Å²) in [6.45, 7) is 0. The van der Waals surface area contributed by atoms with Gasteiger partial charge in [0.1, 0.15) is 11.4 Å². The minimum absolute atomic E-state index is 0.206. The molecule has 2 aromatic rings. The van der Waals surface area contributed by atoms with Crippen LogP contribution in [0.3, 0.4) is 0 Å². The van der Waals surface area contributed by atoms with Crippen LogP contribution in [-0.2, 0) is 6.18 Å². The molecule has 5 nitrogen and oxygen atoms in total. The normalized spacial score (nSPS) is 11.2. The van der Waals surface area contributed by atoms with Crippen LogP contribution < -0.4 is 9.84 Å². The van der Waals surface area contributed by atoms with Crippen LogP contribution in [0, 0.1) is 0 Å². The number of halogens is 3. The molecule has 0 atom stereocenters. The average molecular weight is 283 g/mol. The lowest BCUT2D eigenvalue weighted by atomic mass is 10.2. The Morgan fingerprint density at radius 1 is 1.20 bits per heavy atom. The number of aromatic carboxylic acids is 1. The smallest absolute Gasteiger partial charge is 0.416 e. The number of nitrogens with zero attached hydrogens (tertiary/aromatic N) is 2. The van der Waals surface area contributed by atoms with Crippen molar-refractivity contribution in [2.24, 2.45) is 0 Å². The number of rotatable bonds is 3. The largest absolute Gasteiger partial charge is 0.543 e. The highest BCUT2D eigenvalue weighted by Gasteiger charge is 2.30. The fraction of sp³-hybridized carbons (Fsp3) is 0.0833. The lowest BCUT2D eigenvalue weighted by Crippen LogP contribution is -2.24. The summed E-state index contributed by atoms with van der Waals surface area (Å²) in [4.78, 5) is 17.8. The second kappa shape index (κ2) is 5.16. The molecular formula is C12H6F3N2O3-. The second-order valence-corrected chi connectivity index (χ2v) is 3.63. The summed E-state index contributed by atoms with van der Waals surface area (Å²) in [5.74, 6) is -2.28. The summed E-state index contributed by atoms with van der Waals surface area (Å²) in [5.41, 5.74) is -1.51. The maximum absolute atomic E-state index is 12.5. The number of benzene rings is 1. The highest BCUT2D eigenvalue weighted by Crippen LogP contribution is 2.32. The molecule has 0 amide bonds. The van der Waals surface area contributed by atoms with Gasteiger partial charge < -0.3 is 14.6 Å². The van der Waals surface area contributed by atoms with E-state index in [1.165, 1.54) is 6.07 Å². The first-order chi connectivity index (χ1) is 9.38. The van der Waals surface area contributed by atoms with Gasteiger partial charge in [0.2, 0.25) is 5.88 Å². The Morgan fingerprint density at radius 3 is 2.55 bits per heavy atom. The third-order valence-corrected chi connectivity index (χ3v) is 2.23. The third kappa shape index (κ3) is 3.02. The Bertz CT molecular complexity index is 644. The van der Waals surface area contributed by atoms with E-state index in [0.29, 0.717) is 0 Å². The number of carbonyl (C=O) groups excluding carboxylic acids is 1. The van der Waals surface area contributed by atoms with E-state index in [4.69, 9.17) is 4.74 Å². The summed E-state index contributed by atoms with van der Waals surface area (Å²) in [5, 5.41) is 10.8. The standard InChI is InChI=1S/C12H7F3N2O3/c13-12(14,15)7-2-1-3-8(6-7)20-10-9(11(18)19)16-4-5-17-10/h1-6H,(H,18,19)/p-1. The van der Waals surface area contributed by atoms with E-state index in [1.54, 1.807) is 0 Å². The van der Waals surface area contributed by atoms with Gasteiger partial charge in [-0.3, -0.25) is 0 Å². The molecule has 0 N–H and O–H groups in total. The van der Waals surface area contributed by atoms with Crippen molar-refractivity contribution < 1.29 is 27.8 Å². The molecule has 1 aromatic carbocycles. The van der Waals surface area contributed by atoms with Crippen LogP contribution in [0.2, 0.25) is 0 Å². The Kier molecular flexibility index (Phi) is 3.55. The van der Waals surface area contributed by atoms with E-state index in [9.17, 15) is 23.1 Å². The van der Waals surface area contributed by atoms with Gasteiger partial charge in [0.15, 0.2) is 0 Å². The van der Waals surface area contributed by atoms with E-state index in [1.807, 2.05) is 0 Å². The summed E-state index contributed by atoms with van der Waals surface area (Å²) in [6.07, 6.45) is -2.28. The van der Waals surface area contributed by atoms with Crippen LogP contribution in [0.15, 0.2) is 36.7 Å². The molecule has 0 unspecified atom stereocenters. The third-order valence-electron chi connectivity index (χ3n) is 2.23. The van der Waals surface area contributed by atoms with Gasteiger partial charge in [-0.15, -0.1) is 0 Å². The van der Waals surface area contributed by atoms with Gasteiger partial charge in [0.25, 0.3) is 0 Å². The molecule has 1 heterocycles. The van der Waals surface area contributed by atoms with Crippen molar-refractivity contribution in [2.75, 3.05) is 0 Å². The average Bonchev–Trinajstić information content (AvgIpc) is 2.38. The maximum Gasteiger partial charge on any atom is 0.416 e. The van der Waals surface area contributed by atoms with Crippen molar-refractivity contribution in [3.8, 4) is 11.6 Å². The number of carboxylic acid groups (broad SMARTS) is 1. The number of hydrogen-bond donors (Lipinski definition) is 0. The minimum Gasteiger partial charge on any atom is -0.543 e. The zero-order chi connectivity index (χ0) is 14.8. The summed E-state index contributed by atoms with van der Waals surface area (Å²) >= 11 is 0. The SMILES string of the molecule is O=C([O-])c1nccnc1Oc1cccc(C(F)(F)F)c1. The summed E-state index contributed by atoms with van der Waals surface area (Å²) < 4.78 is 42.6. The van der Waals surface area contributed by atoms with E-state index in [-0.39, 0.29) is 5.75 Å². The number of carboxylic acids is 1. The number of ether oxygens (including phenoxy) is 1. The lowest BCUT2D eigenvalue weighted by Gasteiger charge is -2.11. The molecule has 20 heavy (non-hydrogen) atoms. The van der Waals surface area contributed by atoms with Crippen LogP contribution in [0.5, 0.6) is 11.6 Å². The van der Waals surface area contributed by atoms with E-state index >= 15 is 0 Å². The first-order valence-corrected chi connectivity index (χ1v) is 5.25. The van der Waals surface area contributed by atoms with Crippen LogP contribution in [0.1, 0.15) is 16.1 Å². The molecule has 0 saturated heterocycles. The van der Waals surface area contributed by atoms with Crippen LogP contribution >= 0.6 is 0 Å². The van der Waals surface area contributed by atoms with Gasteiger partial charge in [-0.1, -0.05) is 6.07 Å². The molecule has 0 radical (unpaired) electrons. The van der Waals surface area contributed by atoms with E-state index < -0.39 is 29.3 Å². The minimum atomic E-state index is -4.53. The molecule has 0 bridgehead atoms.